The van der Waals surface area contributed by atoms with E-state index in [9.17, 15) is 9.59 Å². The lowest BCUT2D eigenvalue weighted by atomic mass is 10.2. The van der Waals surface area contributed by atoms with Gasteiger partial charge in [0, 0.05) is 18.8 Å². The minimum absolute atomic E-state index is 0.203. The van der Waals surface area contributed by atoms with Crippen molar-refractivity contribution >= 4 is 18.2 Å². The van der Waals surface area contributed by atoms with E-state index in [1.165, 1.54) is 17.4 Å². The van der Waals surface area contributed by atoms with Gasteiger partial charge in [-0.25, -0.2) is 14.8 Å². The highest BCUT2D eigenvalue weighted by Gasteiger charge is 2.21. The lowest BCUT2D eigenvalue weighted by molar-refractivity contribution is 0.0588. The van der Waals surface area contributed by atoms with Gasteiger partial charge < -0.3 is 9.15 Å². The fraction of sp³-hybridized carbons (Fsp3) is 0.333. The number of hydrogen-bond acceptors (Lipinski definition) is 6. The smallest absolute Gasteiger partial charge is 0.415 e. The van der Waals surface area contributed by atoms with Gasteiger partial charge in [-0.3, -0.25) is 9.69 Å². The molecule has 0 aromatic carbocycles. The lowest BCUT2D eigenvalue weighted by Gasteiger charge is -2.24. The van der Waals surface area contributed by atoms with Crippen molar-refractivity contribution in [1.82, 2.24) is 9.97 Å². The molecule has 0 aliphatic carbocycles. The number of rotatable bonds is 3. The molecule has 0 saturated heterocycles. The molecule has 0 radical (unpaired) electrons. The van der Waals surface area contributed by atoms with Gasteiger partial charge in [0.1, 0.15) is 23.4 Å². The van der Waals surface area contributed by atoms with Crippen LogP contribution in [0.4, 0.5) is 10.6 Å². The van der Waals surface area contributed by atoms with Crippen LogP contribution in [0.15, 0.2) is 29.0 Å². The van der Waals surface area contributed by atoms with Crippen LogP contribution in [0.1, 0.15) is 31.3 Å². The Balaban J connectivity index is 2.24. The number of aldehydes is 1. The molecule has 0 saturated carbocycles. The van der Waals surface area contributed by atoms with E-state index in [4.69, 9.17) is 9.15 Å². The van der Waals surface area contributed by atoms with Crippen LogP contribution in [-0.4, -0.2) is 35.0 Å². The van der Waals surface area contributed by atoms with E-state index < -0.39 is 11.7 Å². The number of nitrogens with zero attached hydrogens (tertiary/aromatic N) is 3. The number of hydrogen-bond donors (Lipinski definition) is 0. The molecule has 0 atom stereocenters. The minimum atomic E-state index is -0.593. The van der Waals surface area contributed by atoms with Gasteiger partial charge in [-0.1, -0.05) is 0 Å². The fourth-order valence-electron chi connectivity index (χ4n) is 1.63. The molecule has 2 aromatic rings. The van der Waals surface area contributed by atoms with Crippen LogP contribution >= 0.6 is 0 Å². The van der Waals surface area contributed by atoms with E-state index in [0.717, 1.165) is 0 Å². The van der Waals surface area contributed by atoms with Crippen molar-refractivity contribution in [2.24, 2.45) is 0 Å². The van der Waals surface area contributed by atoms with Crippen molar-refractivity contribution in [1.29, 1.82) is 0 Å². The van der Waals surface area contributed by atoms with E-state index in [0.29, 0.717) is 17.7 Å². The van der Waals surface area contributed by atoms with Crippen LogP contribution in [0.5, 0.6) is 0 Å². The average Bonchev–Trinajstić information content (AvgIpc) is 2.94. The second-order valence-corrected chi connectivity index (χ2v) is 5.64. The summed E-state index contributed by atoms with van der Waals surface area (Å²) in [5.41, 5.74) is 0.215. The van der Waals surface area contributed by atoms with Crippen LogP contribution in [0.3, 0.4) is 0 Å². The number of pyridine rings is 1. The summed E-state index contributed by atoms with van der Waals surface area (Å²) in [5.74, 6) is 0.668. The predicted molar refractivity (Wildman–Crippen MR) is 79.8 cm³/mol. The van der Waals surface area contributed by atoms with Crippen molar-refractivity contribution in [2.75, 3.05) is 11.9 Å². The van der Waals surface area contributed by atoms with Gasteiger partial charge in [-0.05, 0) is 32.9 Å². The zero-order chi connectivity index (χ0) is 16.3. The van der Waals surface area contributed by atoms with Gasteiger partial charge in [0.15, 0.2) is 6.29 Å². The molecule has 7 heteroatoms. The molecule has 0 fully saturated rings. The summed E-state index contributed by atoms with van der Waals surface area (Å²) in [7, 11) is 1.56. The average molecular weight is 303 g/mol. The second kappa shape index (κ2) is 5.97. The predicted octanol–water partition coefficient (Wildman–Crippen LogP) is 2.92. The summed E-state index contributed by atoms with van der Waals surface area (Å²) >= 11 is 0. The molecular formula is C15H17N3O4. The van der Waals surface area contributed by atoms with E-state index in [-0.39, 0.29) is 11.6 Å². The third-order valence-electron chi connectivity index (χ3n) is 2.65. The molecule has 0 spiro atoms. The summed E-state index contributed by atoms with van der Waals surface area (Å²) in [6, 6.07) is 3.30. The topological polar surface area (TPSA) is 85.5 Å². The van der Waals surface area contributed by atoms with Gasteiger partial charge in [0.05, 0.1) is 0 Å². The Hall–Kier alpha value is -2.70. The largest absolute Gasteiger partial charge is 0.444 e. The molecule has 116 valence electrons. The molecular weight excluding hydrogens is 286 g/mol. The van der Waals surface area contributed by atoms with E-state index in [1.807, 2.05) is 0 Å². The maximum Gasteiger partial charge on any atom is 0.415 e. The van der Waals surface area contributed by atoms with E-state index in [1.54, 1.807) is 40.0 Å². The first kappa shape index (κ1) is 15.7. The van der Waals surface area contributed by atoms with E-state index >= 15 is 0 Å². The molecule has 0 aliphatic heterocycles. The molecule has 1 amide bonds. The van der Waals surface area contributed by atoms with Gasteiger partial charge in [-0.15, -0.1) is 0 Å². The first-order valence-corrected chi connectivity index (χ1v) is 6.64. The Labute approximate surface area is 127 Å². The lowest BCUT2D eigenvalue weighted by Crippen LogP contribution is -2.34. The molecule has 2 aromatic heterocycles. The molecule has 22 heavy (non-hydrogen) atoms. The monoisotopic (exact) mass is 303 g/mol. The van der Waals surface area contributed by atoms with Crippen molar-refractivity contribution in [3.05, 3.63) is 30.3 Å². The highest BCUT2D eigenvalue weighted by Crippen LogP contribution is 2.22. The molecule has 0 unspecified atom stereocenters. The van der Waals surface area contributed by atoms with Crippen molar-refractivity contribution in [3.63, 3.8) is 0 Å². The normalized spacial score (nSPS) is 11.1. The molecule has 0 aliphatic rings. The Kier molecular flexibility index (Phi) is 4.25. The Morgan fingerprint density at radius 2 is 2.14 bits per heavy atom. The van der Waals surface area contributed by atoms with E-state index in [2.05, 4.69) is 9.97 Å². The van der Waals surface area contributed by atoms with Gasteiger partial charge in [-0.2, -0.15) is 0 Å². The first-order valence-electron chi connectivity index (χ1n) is 6.64. The van der Waals surface area contributed by atoms with Crippen LogP contribution in [0.2, 0.25) is 0 Å². The second-order valence-electron chi connectivity index (χ2n) is 5.64. The SMILES string of the molecule is CN(C(=O)OC(C)(C)C)c1cc(-c2nc(C=O)co2)ccn1. The van der Waals surface area contributed by atoms with Gasteiger partial charge >= 0.3 is 6.09 Å². The van der Waals surface area contributed by atoms with Crippen molar-refractivity contribution in [3.8, 4) is 11.5 Å². The summed E-state index contributed by atoms with van der Waals surface area (Å²) < 4.78 is 10.5. The standard InChI is InChI=1S/C15H17N3O4/c1-15(2,3)22-14(20)18(4)12-7-10(5-6-16-12)13-17-11(8-19)9-21-13/h5-9H,1-4H3. The zero-order valence-corrected chi connectivity index (χ0v) is 12.9. The number of aromatic nitrogens is 2. The Morgan fingerprint density at radius 3 is 2.73 bits per heavy atom. The van der Waals surface area contributed by atoms with Crippen molar-refractivity contribution in [2.45, 2.75) is 26.4 Å². The number of amides is 1. The quantitative estimate of drug-likeness (QED) is 0.810. The van der Waals surface area contributed by atoms with Gasteiger partial charge in [0.25, 0.3) is 0 Å². The molecule has 0 N–H and O–H groups in total. The molecule has 7 nitrogen and oxygen atoms in total. The maximum absolute atomic E-state index is 12.0. The van der Waals surface area contributed by atoms with Gasteiger partial charge in [0.2, 0.25) is 5.89 Å². The third kappa shape index (κ3) is 3.69. The maximum atomic E-state index is 12.0. The summed E-state index contributed by atoms with van der Waals surface area (Å²) in [4.78, 5) is 32.1. The Morgan fingerprint density at radius 1 is 1.41 bits per heavy atom. The van der Waals surface area contributed by atoms with Crippen LogP contribution in [-0.2, 0) is 4.74 Å². The van der Waals surface area contributed by atoms with Crippen molar-refractivity contribution < 1.29 is 18.7 Å². The summed E-state index contributed by atoms with van der Waals surface area (Å²) in [6.45, 7) is 5.36. The zero-order valence-electron chi connectivity index (χ0n) is 12.9. The van der Waals surface area contributed by atoms with Crippen LogP contribution < -0.4 is 4.90 Å². The Bertz CT molecular complexity index is 688. The summed E-state index contributed by atoms with van der Waals surface area (Å²) in [5, 5.41) is 0. The minimum Gasteiger partial charge on any atom is -0.444 e. The number of oxazole rings is 1. The molecule has 2 heterocycles. The summed E-state index contributed by atoms with van der Waals surface area (Å²) in [6.07, 6.45) is 2.87. The van der Waals surface area contributed by atoms with Crippen LogP contribution in [0, 0.1) is 0 Å². The number of carbonyl (C=O) groups excluding carboxylic acids is 2. The highest BCUT2D eigenvalue weighted by molar-refractivity contribution is 5.86. The highest BCUT2D eigenvalue weighted by atomic mass is 16.6. The van der Waals surface area contributed by atoms with Crippen LogP contribution in [0.25, 0.3) is 11.5 Å². The third-order valence-corrected chi connectivity index (χ3v) is 2.65. The molecule has 2 rings (SSSR count). The first-order chi connectivity index (χ1) is 10.3. The molecule has 0 bridgehead atoms. The number of ether oxygens (including phenoxy) is 1. The number of carbonyl (C=O) groups is 2. The number of anilines is 1. The fourth-order valence-corrected chi connectivity index (χ4v) is 1.63.